The van der Waals surface area contributed by atoms with E-state index in [4.69, 9.17) is 0 Å². The number of anilines is 3. The number of aromatic nitrogens is 1. The third kappa shape index (κ3) is 5.57. The Balaban J connectivity index is 1.25. The normalized spacial score (nSPS) is 11.2. The maximum absolute atomic E-state index is 2.47. The number of hydrogen-bond acceptors (Lipinski definition) is 1. The molecular formula is C49H36N2. The van der Waals surface area contributed by atoms with Crippen LogP contribution in [0.1, 0.15) is 5.56 Å². The Kier molecular flexibility index (Phi) is 7.75. The van der Waals surface area contributed by atoms with Crippen molar-refractivity contribution in [3.63, 3.8) is 0 Å². The van der Waals surface area contributed by atoms with Crippen molar-refractivity contribution in [3.8, 4) is 39.1 Å². The van der Waals surface area contributed by atoms with Gasteiger partial charge in [-0.3, -0.25) is 0 Å². The smallest absolute Gasteiger partial charge is 0.0569 e. The fourth-order valence-corrected chi connectivity index (χ4v) is 7.46. The van der Waals surface area contributed by atoms with Gasteiger partial charge in [-0.1, -0.05) is 158 Å². The van der Waals surface area contributed by atoms with Gasteiger partial charge in [0, 0.05) is 33.4 Å². The van der Waals surface area contributed by atoms with Gasteiger partial charge < -0.3 is 9.47 Å². The molecule has 0 spiro atoms. The van der Waals surface area contributed by atoms with Crippen LogP contribution in [0.4, 0.5) is 17.1 Å². The zero-order valence-corrected chi connectivity index (χ0v) is 28.4. The summed E-state index contributed by atoms with van der Waals surface area (Å²) < 4.78 is 2.47. The summed E-state index contributed by atoms with van der Waals surface area (Å²) in [6.45, 7) is 2.22. The van der Waals surface area contributed by atoms with Gasteiger partial charge in [0.2, 0.25) is 0 Å². The van der Waals surface area contributed by atoms with Crippen molar-refractivity contribution < 1.29 is 0 Å². The predicted octanol–water partition coefficient (Wildman–Crippen LogP) is 13.6. The summed E-state index contributed by atoms with van der Waals surface area (Å²) in [5.74, 6) is 0. The number of nitrogens with zero attached hydrogens (tertiary/aromatic N) is 2. The molecule has 0 N–H and O–H groups in total. The van der Waals surface area contributed by atoms with E-state index in [0.29, 0.717) is 0 Å². The summed E-state index contributed by atoms with van der Waals surface area (Å²) in [6.07, 6.45) is 0. The first-order valence-electron chi connectivity index (χ1n) is 17.5. The molecule has 1 heterocycles. The van der Waals surface area contributed by atoms with E-state index >= 15 is 0 Å². The van der Waals surface area contributed by atoms with Gasteiger partial charge in [0.15, 0.2) is 0 Å². The average Bonchev–Trinajstić information content (AvgIpc) is 3.53. The average molecular weight is 653 g/mol. The van der Waals surface area contributed by atoms with Crippen molar-refractivity contribution >= 4 is 38.9 Å². The molecule has 0 aliphatic rings. The maximum atomic E-state index is 2.47. The van der Waals surface area contributed by atoms with Crippen LogP contribution in [0.2, 0.25) is 0 Å². The Morgan fingerprint density at radius 3 is 1.41 bits per heavy atom. The van der Waals surface area contributed by atoms with Crippen molar-refractivity contribution in [2.75, 3.05) is 4.90 Å². The minimum atomic E-state index is 1.10. The SMILES string of the molecule is Cc1cccc(-c2ccccc2)c1-n1c2ccccc2c2ccc(N(c3ccc(-c4ccccc4)cc3)c3ccc(-c4ccccc4)cc3)cc21. The molecule has 0 fully saturated rings. The van der Waals surface area contributed by atoms with E-state index in [9.17, 15) is 0 Å². The first-order valence-corrected chi connectivity index (χ1v) is 17.5. The monoisotopic (exact) mass is 652 g/mol. The molecule has 0 radical (unpaired) electrons. The van der Waals surface area contributed by atoms with Crippen LogP contribution in [0.3, 0.4) is 0 Å². The second kappa shape index (κ2) is 13.0. The lowest BCUT2D eigenvalue weighted by Gasteiger charge is -2.26. The van der Waals surface area contributed by atoms with Crippen LogP contribution in [-0.4, -0.2) is 4.57 Å². The number of para-hydroxylation sites is 2. The number of benzene rings is 8. The molecule has 0 saturated carbocycles. The molecule has 0 aliphatic carbocycles. The fourth-order valence-electron chi connectivity index (χ4n) is 7.46. The second-order valence-corrected chi connectivity index (χ2v) is 13.1. The molecule has 242 valence electrons. The van der Waals surface area contributed by atoms with Gasteiger partial charge in [-0.05, 0) is 82.8 Å². The summed E-state index contributed by atoms with van der Waals surface area (Å²) >= 11 is 0. The Morgan fingerprint density at radius 2 is 0.824 bits per heavy atom. The van der Waals surface area contributed by atoms with E-state index in [2.05, 4.69) is 217 Å². The predicted molar refractivity (Wildman–Crippen MR) is 217 cm³/mol. The standard InChI is InChI=1S/C49H36N2/c1-35-14-13-22-44(40-19-9-4-10-20-40)49(35)51-47-23-12-11-21-45(47)46-33-32-43(34-48(46)51)50(41-28-24-38(25-29-41)36-15-5-2-6-16-36)42-30-26-39(27-31-42)37-17-7-3-8-18-37/h2-34H,1H3. The zero-order valence-electron chi connectivity index (χ0n) is 28.4. The summed E-state index contributed by atoms with van der Waals surface area (Å²) in [6, 6.07) is 72.1. The highest BCUT2D eigenvalue weighted by Crippen LogP contribution is 2.42. The van der Waals surface area contributed by atoms with Crippen molar-refractivity contribution in [1.82, 2.24) is 4.57 Å². The Morgan fingerprint density at radius 1 is 0.353 bits per heavy atom. The zero-order chi connectivity index (χ0) is 34.1. The molecule has 0 saturated heterocycles. The van der Waals surface area contributed by atoms with E-state index in [1.165, 1.54) is 66.4 Å². The minimum absolute atomic E-state index is 1.10. The summed E-state index contributed by atoms with van der Waals surface area (Å²) in [4.78, 5) is 2.38. The highest BCUT2D eigenvalue weighted by molar-refractivity contribution is 6.11. The van der Waals surface area contributed by atoms with Crippen LogP contribution in [0.15, 0.2) is 200 Å². The van der Waals surface area contributed by atoms with Crippen molar-refractivity contribution in [2.45, 2.75) is 6.92 Å². The van der Waals surface area contributed by atoms with Crippen LogP contribution in [0.25, 0.3) is 60.9 Å². The number of aryl methyl sites for hydroxylation is 1. The van der Waals surface area contributed by atoms with Crippen molar-refractivity contribution in [3.05, 3.63) is 206 Å². The van der Waals surface area contributed by atoms with Gasteiger partial charge in [0.25, 0.3) is 0 Å². The molecule has 2 nitrogen and oxygen atoms in total. The molecule has 0 amide bonds. The van der Waals surface area contributed by atoms with E-state index in [1.54, 1.807) is 0 Å². The number of rotatable bonds is 7. The number of hydrogen-bond donors (Lipinski definition) is 0. The lowest BCUT2D eigenvalue weighted by Crippen LogP contribution is -2.10. The third-order valence-electron chi connectivity index (χ3n) is 9.93. The van der Waals surface area contributed by atoms with Crippen LogP contribution >= 0.6 is 0 Å². The summed E-state index contributed by atoms with van der Waals surface area (Å²) in [5.41, 5.74) is 15.3. The van der Waals surface area contributed by atoms with Crippen molar-refractivity contribution in [2.24, 2.45) is 0 Å². The van der Waals surface area contributed by atoms with Gasteiger partial charge in [-0.2, -0.15) is 0 Å². The van der Waals surface area contributed by atoms with E-state index in [0.717, 1.165) is 17.1 Å². The molecule has 9 aromatic rings. The van der Waals surface area contributed by atoms with E-state index in [-0.39, 0.29) is 0 Å². The topological polar surface area (TPSA) is 8.17 Å². The molecule has 2 heteroatoms. The lowest BCUT2D eigenvalue weighted by atomic mass is 10.00. The molecule has 0 bridgehead atoms. The highest BCUT2D eigenvalue weighted by atomic mass is 15.1. The van der Waals surface area contributed by atoms with Gasteiger partial charge in [-0.25, -0.2) is 0 Å². The Bertz CT molecular complexity index is 2520. The van der Waals surface area contributed by atoms with Gasteiger partial charge >= 0.3 is 0 Å². The molecule has 0 aliphatic heterocycles. The second-order valence-electron chi connectivity index (χ2n) is 13.1. The maximum Gasteiger partial charge on any atom is 0.0569 e. The number of fused-ring (bicyclic) bond motifs is 3. The molecule has 51 heavy (non-hydrogen) atoms. The first-order chi connectivity index (χ1) is 25.2. The van der Waals surface area contributed by atoms with Crippen LogP contribution in [0.5, 0.6) is 0 Å². The van der Waals surface area contributed by atoms with Gasteiger partial charge in [0.1, 0.15) is 0 Å². The Hall–Kier alpha value is -6.64. The van der Waals surface area contributed by atoms with Crippen LogP contribution < -0.4 is 4.90 Å². The van der Waals surface area contributed by atoms with E-state index in [1.807, 2.05) is 0 Å². The van der Waals surface area contributed by atoms with Crippen LogP contribution in [0, 0.1) is 6.92 Å². The molecular weight excluding hydrogens is 617 g/mol. The van der Waals surface area contributed by atoms with Gasteiger partial charge in [-0.15, -0.1) is 0 Å². The summed E-state index contributed by atoms with van der Waals surface area (Å²) in [7, 11) is 0. The third-order valence-corrected chi connectivity index (χ3v) is 9.93. The van der Waals surface area contributed by atoms with Crippen LogP contribution in [-0.2, 0) is 0 Å². The molecule has 8 aromatic carbocycles. The molecule has 0 atom stereocenters. The van der Waals surface area contributed by atoms with Crippen molar-refractivity contribution in [1.29, 1.82) is 0 Å². The fraction of sp³-hybridized carbons (Fsp3) is 0.0204. The first kappa shape index (κ1) is 30.4. The molecule has 1 aromatic heterocycles. The summed E-state index contributed by atoms with van der Waals surface area (Å²) in [5, 5.41) is 2.47. The minimum Gasteiger partial charge on any atom is -0.310 e. The quantitative estimate of drug-likeness (QED) is 0.166. The molecule has 9 rings (SSSR count). The highest BCUT2D eigenvalue weighted by Gasteiger charge is 2.20. The largest absolute Gasteiger partial charge is 0.310 e. The van der Waals surface area contributed by atoms with E-state index < -0.39 is 0 Å². The lowest BCUT2D eigenvalue weighted by molar-refractivity contribution is 1.15. The molecule has 0 unspecified atom stereocenters. The Labute approximate surface area is 299 Å². The van der Waals surface area contributed by atoms with Gasteiger partial charge in [0.05, 0.1) is 16.7 Å².